The van der Waals surface area contributed by atoms with E-state index < -0.39 is 11.9 Å². The highest BCUT2D eigenvalue weighted by Gasteiger charge is 2.23. The Morgan fingerprint density at radius 2 is 2.05 bits per heavy atom. The SMILES string of the molecule is CN1N=C(C(=O)Nc2ccc(O)cc2C(=O)O)CCC1=O. The number of benzene rings is 1. The first-order valence-electron chi connectivity index (χ1n) is 6.10. The average Bonchev–Trinajstić information content (AvgIpc) is 2.43. The van der Waals surface area contributed by atoms with E-state index in [1.165, 1.54) is 19.2 Å². The van der Waals surface area contributed by atoms with E-state index in [1.54, 1.807) is 0 Å². The van der Waals surface area contributed by atoms with Gasteiger partial charge in [0.1, 0.15) is 11.5 Å². The second-order valence-corrected chi connectivity index (χ2v) is 4.45. The van der Waals surface area contributed by atoms with Crippen molar-refractivity contribution < 1.29 is 24.6 Å². The van der Waals surface area contributed by atoms with E-state index in [9.17, 15) is 19.5 Å². The molecule has 1 aliphatic rings. The molecule has 0 radical (unpaired) electrons. The Morgan fingerprint density at radius 1 is 1.33 bits per heavy atom. The molecule has 0 spiro atoms. The third-order valence-corrected chi connectivity index (χ3v) is 2.95. The number of phenols is 1. The van der Waals surface area contributed by atoms with Crippen molar-refractivity contribution in [2.24, 2.45) is 5.10 Å². The molecule has 0 fully saturated rings. The molecule has 1 aromatic carbocycles. The zero-order chi connectivity index (χ0) is 15.6. The summed E-state index contributed by atoms with van der Waals surface area (Å²) in [7, 11) is 1.44. The Balaban J connectivity index is 2.23. The number of phenolic OH excluding ortho intramolecular Hbond substituents is 1. The van der Waals surface area contributed by atoms with Crippen molar-refractivity contribution in [3.05, 3.63) is 23.8 Å². The minimum Gasteiger partial charge on any atom is -0.508 e. The van der Waals surface area contributed by atoms with E-state index in [4.69, 9.17) is 5.11 Å². The van der Waals surface area contributed by atoms with Crippen LogP contribution in [0, 0.1) is 0 Å². The molecule has 0 bridgehead atoms. The number of aromatic hydroxyl groups is 1. The summed E-state index contributed by atoms with van der Waals surface area (Å²) >= 11 is 0. The Hall–Kier alpha value is -2.90. The molecule has 110 valence electrons. The van der Waals surface area contributed by atoms with Crippen LogP contribution in [0.25, 0.3) is 0 Å². The minimum atomic E-state index is -1.28. The maximum absolute atomic E-state index is 12.0. The predicted octanol–water partition coefficient (Wildman–Crippen LogP) is 0.637. The Labute approximate surface area is 119 Å². The van der Waals surface area contributed by atoms with E-state index in [0.29, 0.717) is 0 Å². The van der Waals surface area contributed by atoms with Crippen LogP contribution in [0.1, 0.15) is 23.2 Å². The summed E-state index contributed by atoms with van der Waals surface area (Å²) in [5, 5.41) is 25.7. The first-order valence-corrected chi connectivity index (χ1v) is 6.10. The molecule has 1 aromatic rings. The number of anilines is 1. The van der Waals surface area contributed by atoms with Gasteiger partial charge in [-0.1, -0.05) is 0 Å². The summed E-state index contributed by atoms with van der Waals surface area (Å²) in [5.74, 6) is -2.27. The summed E-state index contributed by atoms with van der Waals surface area (Å²) in [6, 6.07) is 3.59. The van der Waals surface area contributed by atoms with E-state index in [1.807, 2.05) is 0 Å². The van der Waals surface area contributed by atoms with Gasteiger partial charge >= 0.3 is 5.97 Å². The van der Waals surface area contributed by atoms with Crippen LogP contribution in [0.15, 0.2) is 23.3 Å². The van der Waals surface area contributed by atoms with E-state index in [0.717, 1.165) is 11.1 Å². The van der Waals surface area contributed by atoms with Crippen LogP contribution in [0.2, 0.25) is 0 Å². The molecule has 8 nitrogen and oxygen atoms in total. The number of aromatic carboxylic acids is 1. The molecule has 2 rings (SSSR count). The first kappa shape index (κ1) is 14.5. The molecule has 21 heavy (non-hydrogen) atoms. The third-order valence-electron chi connectivity index (χ3n) is 2.95. The van der Waals surface area contributed by atoms with E-state index in [2.05, 4.69) is 10.4 Å². The van der Waals surface area contributed by atoms with Crippen molar-refractivity contribution in [3.8, 4) is 5.75 Å². The molecule has 2 amide bonds. The van der Waals surface area contributed by atoms with Crippen LogP contribution < -0.4 is 5.32 Å². The average molecular weight is 291 g/mol. The van der Waals surface area contributed by atoms with Crippen molar-refractivity contribution >= 4 is 29.2 Å². The molecule has 0 aromatic heterocycles. The number of rotatable bonds is 3. The van der Waals surface area contributed by atoms with Crippen molar-refractivity contribution in [1.82, 2.24) is 5.01 Å². The largest absolute Gasteiger partial charge is 0.508 e. The smallest absolute Gasteiger partial charge is 0.337 e. The van der Waals surface area contributed by atoms with Crippen molar-refractivity contribution in [2.75, 3.05) is 12.4 Å². The molecule has 0 atom stereocenters. The first-order chi connectivity index (χ1) is 9.88. The van der Waals surface area contributed by atoms with Gasteiger partial charge in [-0.3, -0.25) is 9.59 Å². The maximum atomic E-state index is 12.0. The lowest BCUT2D eigenvalue weighted by molar-refractivity contribution is -0.130. The number of hydrogen-bond donors (Lipinski definition) is 3. The lowest BCUT2D eigenvalue weighted by atomic mass is 10.1. The lowest BCUT2D eigenvalue weighted by Gasteiger charge is -2.19. The number of amides is 2. The van der Waals surface area contributed by atoms with Gasteiger partial charge in [0.2, 0.25) is 5.91 Å². The fraction of sp³-hybridized carbons (Fsp3) is 0.231. The van der Waals surface area contributed by atoms with Gasteiger partial charge in [-0.05, 0) is 18.2 Å². The Morgan fingerprint density at radius 3 is 2.67 bits per heavy atom. The van der Waals surface area contributed by atoms with Gasteiger partial charge in [0, 0.05) is 19.9 Å². The zero-order valence-electron chi connectivity index (χ0n) is 11.2. The van der Waals surface area contributed by atoms with Gasteiger partial charge in [-0.2, -0.15) is 5.10 Å². The van der Waals surface area contributed by atoms with Gasteiger partial charge in [-0.25, -0.2) is 9.80 Å². The standard InChI is InChI=1S/C13H13N3O5/c1-16-11(18)5-4-10(15-16)12(19)14-9-3-2-7(17)6-8(9)13(20)21/h2-3,6,17H,4-5H2,1H3,(H,14,19)(H,20,21). The van der Waals surface area contributed by atoms with Gasteiger partial charge in [0.15, 0.2) is 0 Å². The van der Waals surface area contributed by atoms with Crippen molar-refractivity contribution in [2.45, 2.75) is 12.8 Å². The molecule has 8 heteroatoms. The van der Waals surface area contributed by atoms with Gasteiger partial charge in [0.25, 0.3) is 5.91 Å². The molecular formula is C13H13N3O5. The highest BCUT2D eigenvalue weighted by molar-refractivity contribution is 6.43. The molecule has 0 saturated carbocycles. The van der Waals surface area contributed by atoms with Crippen molar-refractivity contribution in [1.29, 1.82) is 0 Å². The number of carbonyl (C=O) groups is 3. The van der Waals surface area contributed by atoms with Gasteiger partial charge in [0.05, 0.1) is 11.3 Å². The number of hydrogen-bond acceptors (Lipinski definition) is 5. The molecule has 3 N–H and O–H groups in total. The molecular weight excluding hydrogens is 278 g/mol. The van der Waals surface area contributed by atoms with Crippen LogP contribution in [-0.4, -0.2) is 45.8 Å². The predicted molar refractivity (Wildman–Crippen MR) is 73.1 cm³/mol. The fourth-order valence-electron chi connectivity index (χ4n) is 1.85. The lowest BCUT2D eigenvalue weighted by Crippen LogP contribution is -2.34. The second kappa shape index (κ2) is 5.61. The van der Waals surface area contributed by atoms with Crippen LogP contribution in [0.3, 0.4) is 0 Å². The molecule has 0 aliphatic carbocycles. The fourth-order valence-corrected chi connectivity index (χ4v) is 1.85. The number of nitrogens with zero attached hydrogens (tertiary/aromatic N) is 2. The number of nitrogens with one attached hydrogen (secondary N) is 1. The van der Waals surface area contributed by atoms with Crippen LogP contribution in [0.4, 0.5) is 5.69 Å². The third kappa shape index (κ3) is 3.16. The molecule has 0 unspecified atom stereocenters. The highest BCUT2D eigenvalue weighted by atomic mass is 16.4. The summed E-state index contributed by atoms with van der Waals surface area (Å²) in [5.41, 5.74) is -0.0433. The maximum Gasteiger partial charge on any atom is 0.337 e. The van der Waals surface area contributed by atoms with E-state index >= 15 is 0 Å². The number of hydrazone groups is 1. The quantitative estimate of drug-likeness (QED) is 0.706. The topological polar surface area (TPSA) is 119 Å². The van der Waals surface area contributed by atoms with Gasteiger partial charge < -0.3 is 15.5 Å². The number of carboxylic acid groups (broad SMARTS) is 1. The molecule has 0 saturated heterocycles. The van der Waals surface area contributed by atoms with Gasteiger partial charge in [-0.15, -0.1) is 0 Å². The zero-order valence-corrected chi connectivity index (χ0v) is 11.2. The molecule has 1 aliphatic heterocycles. The van der Waals surface area contributed by atoms with Crippen LogP contribution in [-0.2, 0) is 9.59 Å². The number of carboxylic acids is 1. The summed E-state index contributed by atoms with van der Waals surface area (Å²) in [6.45, 7) is 0. The summed E-state index contributed by atoms with van der Waals surface area (Å²) in [6.07, 6.45) is 0.361. The summed E-state index contributed by atoms with van der Waals surface area (Å²) < 4.78 is 0. The highest BCUT2D eigenvalue weighted by Crippen LogP contribution is 2.21. The van der Waals surface area contributed by atoms with Crippen LogP contribution >= 0.6 is 0 Å². The monoisotopic (exact) mass is 291 g/mol. The minimum absolute atomic E-state index is 0.0487. The molecule has 1 heterocycles. The Kier molecular flexibility index (Phi) is 3.88. The van der Waals surface area contributed by atoms with E-state index in [-0.39, 0.29) is 41.5 Å². The van der Waals surface area contributed by atoms with Crippen LogP contribution in [0.5, 0.6) is 5.75 Å². The van der Waals surface area contributed by atoms with Crippen molar-refractivity contribution in [3.63, 3.8) is 0 Å². The number of carbonyl (C=O) groups excluding carboxylic acids is 2. The second-order valence-electron chi connectivity index (χ2n) is 4.45. The summed E-state index contributed by atoms with van der Waals surface area (Å²) in [4.78, 5) is 34.4. The normalized spacial score (nSPS) is 14.6. The Bertz CT molecular complexity index is 653.